The number of alkyl halides is 1. The van der Waals surface area contributed by atoms with Crippen LogP contribution in [0.25, 0.3) is 0 Å². The van der Waals surface area contributed by atoms with Crippen molar-refractivity contribution in [1.82, 2.24) is 19.8 Å². The number of nitrogens with zero attached hydrogens (tertiary/aromatic N) is 4. The van der Waals surface area contributed by atoms with Gasteiger partial charge in [-0.2, -0.15) is 0 Å². The Bertz CT molecular complexity index is 716. The molecule has 2 radical (unpaired) electrons. The molecule has 2 rings (SSSR count). The van der Waals surface area contributed by atoms with E-state index in [1.807, 2.05) is 102 Å². The number of halogens is 4. The maximum atomic E-state index is 5.27. The van der Waals surface area contributed by atoms with Crippen LogP contribution in [-0.4, -0.2) is 71.6 Å². The van der Waals surface area contributed by atoms with Gasteiger partial charge in [0.25, 0.3) is 0 Å². The Balaban J connectivity index is -0.0000000353. The van der Waals surface area contributed by atoms with E-state index in [9.17, 15) is 0 Å². The van der Waals surface area contributed by atoms with Crippen molar-refractivity contribution in [3.05, 3.63) is 81.3 Å². The van der Waals surface area contributed by atoms with E-state index in [2.05, 4.69) is 175 Å². The zero-order chi connectivity index (χ0) is 41.1. The van der Waals surface area contributed by atoms with Gasteiger partial charge < -0.3 is 42.2 Å². The Kier molecular flexibility index (Phi) is 152. The molecule has 0 N–H and O–H groups in total. The van der Waals surface area contributed by atoms with Gasteiger partial charge in [-0.1, -0.05) is 125 Å². The van der Waals surface area contributed by atoms with Crippen molar-refractivity contribution in [2.24, 2.45) is 0 Å². The van der Waals surface area contributed by atoms with Crippen LogP contribution in [-0.2, 0) is 70.3 Å². The van der Waals surface area contributed by atoms with E-state index in [4.69, 9.17) is 4.74 Å². The standard InChI is InChI=1S/C8H11NO.C7H9N.2C5H11N.3C3H8.2C2H6.CH3I.CH4.3HI.V.2Y/c1-3-10-8-5-4-6-9-7(8)2;1-6-4-3-5-8-7(6)2;2*1-4-6(3)5-2;3*1-3-2;3*1-2;;;;;;;/h4-6H,3H2,1-2H3;3-5H,1-2H3;2*1-2,4-5H2,3H3;3*3H2,1-2H3;2*1-2H3;1H3;1H4;3*1H;;;/q;;2*-2;;;;;;;;;;;+3;;/p-3. The molecule has 2 heterocycles. The summed E-state index contributed by atoms with van der Waals surface area (Å²) < 4.78 is 5.27. The quantitative estimate of drug-likeness (QED) is 0.164. The molecule has 0 aliphatic heterocycles. The second-order valence-corrected chi connectivity index (χ2v) is 44.2. The Morgan fingerprint density at radius 3 is 1.02 bits per heavy atom. The van der Waals surface area contributed by atoms with Crippen molar-refractivity contribution in [1.29, 1.82) is 0 Å². The van der Waals surface area contributed by atoms with Crippen molar-refractivity contribution in [3.63, 3.8) is 0 Å². The Morgan fingerprint density at radius 2 is 0.865 bits per heavy atom. The van der Waals surface area contributed by atoms with Crippen LogP contribution in [0.1, 0.15) is 120 Å². The number of ether oxygens (including phenoxy) is 1. The average molecular weight is 1370 g/mol. The van der Waals surface area contributed by atoms with Crippen molar-refractivity contribution in [2.75, 3.05) is 51.8 Å². The number of hydrogen-bond acceptors (Lipinski definition) is 5. The molecule has 0 bridgehead atoms. The molecule has 5 nitrogen and oxygen atoms in total. The van der Waals surface area contributed by atoms with E-state index in [0.29, 0.717) is 6.61 Å². The summed E-state index contributed by atoms with van der Waals surface area (Å²) in [6.45, 7) is 47.4. The van der Waals surface area contributed by atoms with Gasteiger partial charge in [-0.05, 0) is 70.5 Å². The first-order valence-corrected chi connectivity index (χ1v) is 33.0. The van der Waals surface area contributed by atoms with Crippen LogP contribution in [0.15, 0.2) is 36.7 Å². The van der Waals surface area contributed by atoms with E-state index in [0.717, 1.165) is 43.3 Å². The van der Waals surface area contributed by atoms with Gasteiger partial charge in [0.1, 0.15) is 5.75 Å². The maximum Gasteiger partial charge on any atom is 0 e. The smallest absolute Gasteiger partial charge is 0 e. The molecule has 0 aliphatic carbocycles. The summed E-state index contributed by atoms with van der Waals surface area (Å²) in [4.78, 5) is 13.9. The fraction of sp³-hybridized carbons (Fsp3) is 0.650. The van der Waals surface area contributed by atoms with Gasteiger partial charge in [-0.3, -0.25) is 9.97 Å². The van der Waals surface area contributed by atoms with Gasteiger partial charge in [-0.25, -0.2) is 0 Å². The van der Waals surface area contributed by atoms with Crippen LogP contribution < -0.4 is 4.74 Å². The molecule has 2 aromatic heterocycles. The Labute approximate surface area is 432 Å². The first kappa shape index (κ1) is 87.3. The predicted molar refractivity (Wildman–Crippen MR) is 270 cm³/mol. The van der Waals surface area contributed by atoms with E-state index in [-0.39, 0.29) is 77.8 Å². The second-order valence-electron chi connectivity index (χ2n) is 8.85. The van der Waals surface area contributed by atoms with Gasteiger partial charge in [0.2, 0.25) is 0 Å². The molecule has 2 aromatic rings. The maximum absolute atomic E-state index is 5.27. The van der Waals surface area contributed by atoms with E-state index in [1.165, 1.54) is 24.8 Å². The summed E-state index contributed by atoms with van der Waals surface area (Å²) in [5.41, 5.74) is 3.32. The van der Waals surface area contributed by atoms with Crippen LogP contribution in [0.4, 0.5) is 0 Å². The van der Waals surface area contributed by atoms with Crippen LogP contribution in [0.3, 0.4) is 0 Å². The van der Waals surface area contributed by atoms with Gasteiger partial charge in [-0.15, -0.1) is 26.2 Å². The third-order valence-corrected chi connectivity index (χ3v) is 4.06. The van der Waals surface area contributed by atoms with Crippen LogP contribution >= 0.6 is 82.5 Å². The molecule has 0 fully saturated rings. The summed E-state index contributed by atoms with van der Waals surface area (Å²) in [6, 6.07) is 7.80. The van der Waals surface area contributed by atoms with Gasteiger partial charge in [0.15, 0.2) is 0 Å². The normalized spacial score (nSPS) is 7.62. The van der Waals surface area contributed by atoms with Crippen molar-refractivity contribution in [2.45, 2.75) is 124 Å². The van der Waals surface area contributed by atoms with Crippen molar-refractivity contribution >= 4 is 82.5 Å². The van der Waals surface area contributed by atoms with Crippen LogP contribution in [0, 0.1) is 48.5 Å². The molecule has 0 saturated heterocycles. The molecular formula is C40H85I4N4OVY2-4. The Hall–Kier alpha value is 3.73. The molecule has 12 heteroatoms. The third kappa shape index (κ3) is 111. The number of rotatable bonds is 6. The van der Waals surface area contributed by atoms with Crippen LogP contribution in [0.2, 0.25) is 0 Å². The topological polar surface area (TPSA) is 41.5 Å². The molecule has 52 heavy (non-hydrogen) atoms. The third-order valence-electron chi connectivity index (χ3n) is 4.06. The summed E-state index contributed by atoms with van der Waals surface area (Å²) in [5, 5.41) is 0. The first-order chi connectivity index (χ1) is 23.2. The number of pyridine rings is 2. The van der Waals surface area contributed by atoms with Crippen molar-refractivity contribution in [3.8, 4) is 5.75 Å². The van der Waals surface area contributed by atoms with E-state index >= 15 is 0 Å². The largest absolute Gasteiger partial charge is 0 e. The molecule has 314 valence electrons. The zero-order valence-corrected chi connectivity index (χ0v) is 52.0. The van der Waals surface area contributed by atoms with Gasteiger partial charge in [0, 0.05) is 83.5 Å². The molecular weight excluding hydrogens is 1290 g/mol. The van der Waals surface area contributed by atoms with Gasteiger partial charge in [0.05, 0.1) is 12.3 Å². The van der Waals surface area contributed by atoms with Crippen LogP contribution in [0.5, 0.6) is 5.75 Å². The number of hydrogen-bond donors (Lipinski definition) is 0. The number of aryl methyl sites for hydroxylation is 3. The molecule has 0 atom stereocenters. The second kappa shape index (κ2) is 90.7. The molecule has 0 aromatic carbocycles. The fourth-order valence-electron chi connectivity index (χ4n) is 1.57. The molecule has 0 aliphatic rings. The molecule has 0 saturated carbocycles. The summed E-state index contributed by atoms with van der Waals surface area (Å²) in [6.07, 6.45) is 7.32. The fourth-order valence-corrected chi connectivity index (χ4v) is 1.57. The summed E-state index contributed by atoms with van der Waals surface area (Å²) >= 11 is 9.54. The first-order valence-electron chi connectivity index (χ1n) is 17.4. The molecule has 0 amide bonds. The SMILES string of the molecule is C.CC.CC.CCC.CCC.CCC.CCOc1cccnc1C.CI.Cc1cccnc1C.[CH2-]CN(C)C[CH2-].[CH2-]CN(C)C[CH2-].[I][V]([I])[I].[Y].[Y]. The minimum Gasteiger partial charge on any atom is 0 e. The van der Waals surface area contributed by atoms with Gasteiger partial charge >= 0.3 is 64.9 Å². The van der Waals surface area contributed by atoms with E-state index in [1.54, 1.807) is 6.20 Å². The molecule has 0 spiro atoms. The zero-order valence-electron chi connectivity index (χ0n) is 36.3. The number of aromatic nitrogens is 2. The average Bonchev–Trinajstić information content (AvgIpc) is 3.11. The van der Waals surface area contributed by atoms with E-state index < -0.39 is 0 Å². The summed E-state index contributed by atoms with van der Waals surface area (Å²) in [7, 11) is 3.97. The monoisotopic (exact) mass is 1370 g/mol. The van der Waals surface area contributed by atoms with Crippen molar-refractivity contribution < 1.29 is 75.1 Å². The Morgan fingerprint density at radius 1 is 0.615 bits per heavy atom. The predicted octanol–water partition coefficient (Wildman–Crippen LogP) is 15.3. The summed E-state index contributed by atoms with van der Waals surface area (Å²) in [5.74, 6) is 0.880. The minimum atomic E-state index is -0.278. The minimum absolute atomic E-state index is 0. The molecule has 0 unspecified atom stereocenters.